The van der Waals surface area contributed by atoms with Crippen molar-refractivity contribution in [1.29, 1.82) is 0 Å². The molecule has 3 aromatic carbocycles. The van der Waals surface area contributed by atoms with Gasteiger partial charge in [-0.15, -0.1) is 0 Å². The first kappa shape index (κ1) is 30.8. The van der Waals surface area contributed by atoms with Crippen LogP contribution in [-0.2, 0) is 18.9 Å². The zero-order valence-corrected chi connectivity index (χ0v) is 26.2. The molecule has 0 saturated carbocycles. The molecule has 1 aliphatic heterocycles. The molecule has 7 aromatic rings. The molecule has 0 radical (unpaired) electrons. The Kier molecular flexibility index (Phi) is 8.11. The highest BCUT2D eigenvalue weighted by molar-refractivity contribution is 6.09. The Balaban J connectivity index is 1.24. The van der Waals surface area contributed by atoms with Gasteiger partial charge in [0, 0.05) is 6.07 Å². The Morgan fingerprint density at radius 3 is 1.90 bits per heavy atom. The number of nitrogens with zero attached hydrogens (tertiary/aromatic N) is 3. The highest BCUT2D eigenvalue weighted by atomic mass is 16.7. The molecule has 1 saturated heterocycles. The molecule has 0 bridgehead atoms. The van der Waals surface area contributed by atoms with Crippen molar-refractivity contribution in [2.24, 2.45) is 0 Å². The van der Waals surface area contributed by atoms with Crippen molar-refractivity contribution >= 4 is 40.0 Å². The minimum Gasteiger partial charge on any atom is -0.463 e. The molecule has 0 unspecified atom stereocenters. The maximum absolute atomic E-state index is 13.7. The standard InChI is InChI=1S/C38H27N3O9/c42-36(23-11-4-1-5-12-23)47-21-28-32(49-37(43)24-13-6-2-7-14-24)33(50-38(44)25-15-8-3-9-16-25)35(48-28)41-26-18-20-46-31(26)29-30(27-17-10-19-45-27)39-22-40-34(29)41/h1-20,22,28,32-33,35H,21H2/t28-,32-,33-,35-/m1/s1. The maximum Gasteiger partial charge on any atom is 0.338 e. The van der Waals surface area contributed by atoms with Crippen LogP contribution >= 0.6 is 0 Å². The van der Waals surface area contributed by atoms with Crippen LogP contribution in [0.5, 0.6) is 0 Å². The van der Waals surface area contributed by atoms with Gasteiger partial charge in [-0.2, -0.15) is 0 Å². The summed E-state index contributed by atoms with van der Waals surface area (Å²) in [6.45, 7) is -0.337. The fourth-order valence-corrected chi connectivity index (χ4v) is 6.08. The lowest BCUT2D eigenvalue weighted by Gasteiger charge is -2.25. The average Bonchev–Trinajstić information content (AvgIpc) is 3.98. The number of ether oxygens (including phenoxy) is 4. The van der Waals surface area contributed by atoms with Gasteiger partial charge in [0.05, 0.1) is 40.1 Å². The molecule has 248 valence electrons. The minimum atomic E-state index is -1.26. The summed E-state index contributed by atoms with van der Waals surface area (Å²) >= 11 is 0. The Labute approximate surface area is 283 Å². The largest absolute Gasteiger partial charge is 0.463 e. The second kappa shape index (κ2) is 13.2. The van der Waals surface area contributed by atoms with Gasteiger partial charge in [-0.3, -0.25) is 4.57 Å². The monoisotopic (exact) mass is 669 g/mol. The van der Waals surface area contributed by atoms with E-state index in [1.54, 1.807) is 114 Å². The van der Waals surface area contributed by atoms with E-state index in [2.05, 4.69) is 9.97 Å². The van der Waals surface area contributed by atoms with E-state index in [0.29, 0.717) is 39.2 Å². The third-order valence-electron chi connectivity index (χ3n) is 8.37. The molecule has 8 rings (SSSR count). The van der Waals surface area contributed by atoms with Gasteiger partial charge in [-0.1, -0.05) is 54.6 Å². The third kappa shape index (κ3) is 5.67. The zero-order valence-electron chi connectivity index (χ0n) is 26.2. The number of carbonyl (C=O) groups is 3. The highest BCUT2D eigenvalue weighted by Crippen LogP contribution is 2.42. The summed E-state index contributed by atoms with van der Waals surface area (Å²) in [5.41, 5.74) is 2.67. The van der Waals surface area contributed by atoms with Crippen LogP contribution in [0.25, 0.3) is 33.6 Å². The number of benzene rings is 3. The van der Waals surface area contributed by atoms with Gasteiger partial charge in [0.15, 0.2) is 35.4 Å². The van der Waals surface area contributed by atoms with Gasteiger partial charge in [0.2, 0.25) is 0 Å². The molecule has 0 aliphatic carbocycles. The second-order valence-corrected chi connectivity index (χ2v) is 11.4. The van der Waals surface area contributed by atoms with E-state index >= 15 is 0 Å². The highest BCUT2D eigenvalue weighted by Gasteiger charge is 2.52. The lowest BCUT2D eigenvalue weighted by Crippen LogP contribution is -2.41. The van der Waals surface area contributed by atoms with Crippen molar-refractivity contribution in [2.45, 2.75) is 24.5 Å². The lowest BCUT2D eigenvalue weighted by atomic mass is 10.1. The van der Waals surface area contributed by atoms with Gasteiger partial charge in [0.1, 0.15) is 24.7 Å². The van der Waals surface area contributed by atoms with Gasteiger partial charge < -0.3 is 27.8 Å². The number of esters is 3. The van der Waals surface area contributed by atoms with Crippen molar-refractivity contribution in [3.8, 4) is 11.5 Å². The van der Waals surface area contributed by atoms with E-state index in [1.807, 2.05) is 0 Å². The molecule has 0 amide bonds. The third-order valence-corrected chi connectivity index (χ3v) is 8.37. The van der Waals surface area contributed by atoms with Crippen LogP contribution in [0.1, 0.15) is 37.3 Å². The van der Waals surface area contributed by atoms with Crippen LogP contribution in [0, 0.1) is 0 Å². The number of aromatic nitrogens is 3. The summed E-state index contributed by atoms with van der Waals surface area (Å²) in [6, 6.07) is 30.5. The molecular formula is C38H27N3O9. The van der Waals surface area contributed by atoms with E-state index in [1.165, 1.54) is 18.9 Å². The molecule has 1 aliphatic rings. The van der Waals surface area contributed by atoms with Crippen molar-refractivity contribution in [3.63, 3.8) is 0 Å². The smallest absolute Gasteiger partial charge is 0.338 e. The Bertz CT molecular complexity index is 2280. The number of furan rings is 2. The first-order chi connectivity index (χ1) is 24.6. The Hall–Kier alpha value is -6.53. The number of hydrogen-bond acceptors (Lipinski definition) is 11. The summed E-state index contributed by atoms with van der Waals surface area (Å²) in [5.74, 6) is -1.50. The van der Waals surface area contributed by atoms with E-state index in [0.717, 1.165) is 0 Å². The quantitative estimate of drug-likeness (QED) is 0.120. The molecule has 4 aromatic heterocycles. The van der Waals surface area contributed by atoms with E-state index in [9.17, 15) is 14.4 Å². The summed E-state index contributed by atoms with van der Waals surface area (Å²) in [7, 11) is 0. The van der Waals surface area contributed by atoms with Crippen LogP contribution in [0.15, 0.2) is 137 Å². The molecule has 0 spiro atoms. The molecule has 50 heavy (non-hydrogen) atoms. The second-order valence-electron chi connectivity index (χ2n) is 11.4. The molecule has 0 N–H and O–H groups in total. The minimum absolute atomic E-state index is 0.267. The predicted octanol–water partition coefficient (Wildman–Crippen LogP) is 6.64. The SMILES string of the molecule is O=C(OC[C@H]1O[C@@H](n2c3ccoc3c3c(-c4ccco4)ncnc32)[C@H](OC(=O)c2ccccc2)[C@@H]1OC(=O)c1ccccc1)c1ccccc1. The molecule has 4 atom stereocenters. The fraction of sp³-hybridized carbons (Fsp3) is 0.132. The predicted molar refractivity (Wildman–Crippen MR) is 177 cm³/mol. The number of fused-ring (bicyclic) bond motifs is 3. The average molecular weight is 670 g/mol. The molecule has 12 heteroatoms. The van der Waals surface area contributed by atoms with Gasteiger partial charge >= 0.3 is 17.9 Å². The first-order valence-electron chi connectivity index (χ1n) is 15.7. The van der Waals surface area contributed by atoms with Crippen LogP contribution in [-0.4, -0.2) is 57.4 Å². The summed E-state index contributed by atoms with van der Waals surface area (Å²) in [4.78, 5) is 49.4. The van der Waals surface area contributed by atoms with Crippen LogP contribution in [0.3, 0.4) is 0 Å². The van der Waals surface area contributed by atoms with Crippen molar-refractivity contribution in [2.75, 3.05) is 6.61 Å². The van der Waals surface area contributed by atoms with Gasteiger partial charge in [-0.25, -0.2) is 24.4 Å². The van der Waals surface area contributed by atoms with Crippen molar-refractivity contribution < 1.29 is 42.2 Å². The lowest BCUT2D eigenvalue weighted by molar-refractivity contribution is -0.0588. The van der Waals surface area contributed by atoms with Crippen LogP contribution in [0.2, 0.25) is 0 Å². The van der Waals surface area contributed by atoms with E-state index in [-0.39, 0.29) is 17.7 Å². The normalized spacial score (nSPS) is 18.6. The topological polar surface area (TPSA) is 145 Å². The summed E-state index contributed by atoms with van der Waals surface area (Å²) in [5, 5.41) is 0.524. The molecule has 12 nitrogen and oxygen atoms in total. The van der Waals surface area contributed by atoms with Crippen molar-refractivity contribution in [1.82, 2.24) is 14.5 Å². The van der Waals surface area contributed by atoms with Gasteiger partial charge in [0.25, 0.3) is 0 Å². The summed E-state index contributed by atoms with van der Waals surface area (Å²) < 4.78 is 37.9. The molecule has 5 heterocycles. The maximum atomic E-state index is 13.7. The Morgan fingerprint density at radius 1 is 0.660 bits per heavy atom. The molecule has 1 fully saturated rings. The summed E-state index contributed by atoms with van der Waals surface area (Å²) in [6.07, 6.45) is -0.312. The van der Waals surface area contributed by atoms with E-state index in [4.69, 9.17) is 27.8 Å². The van der Waals surface area contributed by atoms with Crippen LogP contribution in [0.4, 0.5) is 0 Å². The Morgan fingerprint density at radius 2 is 1.28 bits per heavy atom. The number of carbonyl (C=O) groups excluding carboxylic acids is 3. The zero-order chi connectivity index (χ0) is 34.0. The van der Waals surface area contributed by atoms with E-state index < -0.39 is 42.4 Å². The van der Waals surface area contributed by atoms with Crippen molar-refractivity contribution in [3.05, 3.63) is 145 Å². The fourth-order valence-electron chi connectivity index (χ4n) is 6.08. The van der Waals surface area contributed by atoms with Gasteiger partial charge in [-0.05, 0) is 48.5 Å². The number of rotatable bonds is 9. The van der Waals surface area contributed by atoms with Crippen LogP contribution < -0.4 is 0 Å². The molecular weight excluding hydrogens is 642 g/mol. The number of hydrogen-bond donors (Lipinski definition) is 0. The first-order valence-corrected chi connectivity index (χ1v) is 15.7.